The van der Waals surface area contributed by atoms with Gasteiger partial charge in [-0.3, -0.25) is 9.69 Å². The number of carbonyl (C=O) groups excluding carboxylic acids is 1. The summed E-state index contributed by atoms with van der Waals surface area (Å²) in [4.78, 5) is 22.4. The third kappa shape index (κ3) is 5.18. The first kappa shape index (κ1) is 21.6. The van der Waals surface area contributed by atoms with Gasteiger partial charge in [-0.05, 0) is 23.3 Å². The highest BCUT2D eigenvalue weighted by atomic mass is 35.5. The highest BCUT2D eigenvalue weighted by molar-refractivity contribution is 7.98. The van der Waals surface area contributed by atoms with Gasteiger partial charge in [-0.25, -0.2) is 9.97 Å². The average molecular weight is 469 g/mol. The van der Waals surface area contributed by atoms with Crippen LogP contribution >= 0.6 is 34.7 Å². The summed E-state index contributed by atoms with van der Waals surface area (Å²) in [5.41, 5.74) is 4.24. The molecule has 0 aliphatic heterocycles. The normalized spacial score (nSPS) is 10.9. The Morgan fingerprint density at radius 3 is 2.61 bits per heavy atom. The van der Waals surface area contributed by atoms with E-state index in [0.29, 0.717) is 15.9 Å². The molecule has 0 N–H and O–H groups in total. The Kier molecular flexibility index (Phi) is 6.75. The summed E-state index contributed by atoms with van der Waals surface area (Å²) >= 11 is 9.19. The maximum Gasteiger partial charge on any atom is 0.225 e. The molecule has 0 bridgehead atoms. The Balaban J connectivity index is 1.59. The predicted molar refractivity (Wildman–Crippen MR) is 129 cm³/mol. The van der Waals surface area contributed by atoms with Gasteiger partial charge in [0, 0.05) is 30.1 Å². The molecule has 0 spiro atoms. The zero-order valence-electron chi connectivity index (χ0n) is 17.2. The smallest absolute Gasteiger partial charge is 0.225 e. The third-order valence-corrected chi connectivity index (χ3v) is 7.03. The van der Waals surface area contributed by atoms with Gasteiger partial charge in [0.25, 0.3) is 0 Å². The Morgan fingerprint density at radius 2 is 1.90 bits per heavy atom. The molecule has 158 valence electrons. The molecule has 1 amide bonds. The molecule has 0 aliphatic rings. The highest BCUT2D eigenvalue weighted by Gasteiger charge is 2.15. The van der Waals surface area contributed by atoms with E-state index in [1.165, 1.54) is 23.8 Å². The number of amides is 1. The molecule has 8 heteroatoms. The topological polar surface area (TPSA) is 51.0 Å². The maximum atomic E-state index is 11.6. The number of benzene rings is 2. The standard InChI is InChI=1S/C23H21ClN4OS2/c1-16(29)27(2)23-26-20(15-31-23)14-30-22-25-12-21(18-8-10-19(24)11-9-18)28(22)13-17-6-4-3-5-7-17/h3-12,15H,13-14H2,1-2H3. The van der Waals surface area contributed by atoms with Gasteiger partial charge in [-0.2, -0.15) is 0 Å². The molecule has 5 nitrogen and oxygen atoms in total. The molecule has 4 rings (SSSR count). The van der Waals surface area contributed by atoms with Gasteiger partial charge >= 0.3 is 0 Å². The van der Waals surface area contributed by atoms with Gasteiger partial charge in [0.2, 0.25) is 5.91 Å². The fourth-order valence-corrected chi connectivity index (χ4v) is 4.97. The first-order chi connectivity index (χ1) is 15.0. The number of nitrogens with zero attached hydrogens (tertiary/aromatic N) is 4. The number of thiazole rings is 1. The van der Waals surface area contributed by atoms with Gasteiger partial charge in [-0.15, -0.1) is 11.3 Å². The van der Waals surface area contributed by atoms with Crippen molar-refractivity contribution in [3.63, 3.8) is 0 Å². The van der Waals surface area contributed by atoms with Crippen LogP contribution in [0.4, 0.5) is 5.13 Å². The Bertz CT molecular complexity index is 1170. The van der Waals surface area contributed by atoms with Crippen molar-refractivity contribution in [3.05, 3.63) is 82.5 Å². The summed E-state index contributed by atoms with van der Waals surface area (Å²) in [5, 5.41) is 4.33. The Hall–Kier alpha value is -2.61. The van der Waals surface area contributed by atoms with E-state index < -0.39 is 0 Å². The summed E-state index contributed by atoms with van der Waals surface area (Å²) in [6, 6.07) is 18.2. The van der Waals surface area contributed by atoms with Crippen molar-refractivity contribution in [2.75, 3.05) is 11.9 Å². The lowest BCUT2D eigenvalue weighted by atomic mass is 10.1. The van der Waals surface area contributed by atoms with E-state index in [4.69, 9.17) is 16.6 Å². The monoisotopic (exact) mass is 468 g/mol. The molecule has 2 aromatic carbocycles. The summed E-state index contributed by atoms with van der Waals surface area (Å²) in [5.74, 6) is 0.647. The molecular formula is C23H21ClN4OS2. The van der Waals surface area contributed by atoms with Crippen LogP contribution in [0.5, 0.6) is 0 Å². The van der Waals surface area contributed by atoms with E-state index in [2.05, 4.69) is 21.7 Å². The lowest BCUT2D eigenvalue weighted by Gasteiger charge is -2.12. The largest absolute Gasteiger partial charge is 0.314 e. The third-order valence-electron chi connectivity index (χ3n) is 4.79. The van der Waals surface area contributed by atoms with Crippen molar-refractivity contribution >= 4 is 45.7 Å². The number of hydrogen-bond donors (Lipinski definition) is 0. The summed E-state index contributed by atoms with van der Waals surface area (Å²) < 4.78 is 2.22. The second-order valence-corrected chi connectivity index (χ2v) is 9.21. The van der Waals surface area contributed by atoms with Crippen LogP contribution in [0.1, 0.15) is 18.2 Å². The molecule has 4 aromatic rings. The van der Waals surface area contributed by atoms with Crippen LogP contribution < -0.4 is 4.90 Å². The SMILES string of the molecule is CC(=O)N(C)c1nc(CSc2ncc(-c3ccc(Cl)cc3)n2Cc2ccccc2)cs1. The number of anilines is 1. The molecule has 2 aromatic heterocycles. The van der Waals surface area contributed by atoms with Crippen LogP contribution in [0.3, 0.4) is 0 Å². The van der Waals surface area contributed by atoms with E-state index in [-0.39, 0.29) is 5.91 Å². The molecular weight excluding hydrogens is 448 g/mol. The van der Waals surface area contributed by atoms with Gasteiger partial charge in [0.05, 0.1) is 24.1 Å². The number of carbonyl (C=O) groups is 1. The highest BCUT2D eigenvalue weighted by Crippen LogP contribution is 2.31. The van der Waals surface area contributed by atoms with Crippen molar-refractivity contribution in [1.82, 2.24) is 14.5 Å². The molecule has 0 saturated heterocycles. The van der Waals surface area contributed by atoms with Crippen molar-refractivity contribution < 1.29 is 4.79 Å². The molecule has 31 heavy (non-hydrogen) atoms. The van der Waals surface area contributed by atoms with E-state index >= 15 is 0 Å². The molecule has 0 saturated carbocycles. The Labute approximate surface area is 194 Å². The number of hydrogen-bond acceptors (Lipinski definition) is 5. The lowest BCUT2D eigenvalue weighted by Crippen LogP contribution is -2.22. The van der Waals surface area contributed by atoms with Gasteiger partial charge in [-0.1, -0.05) is 65.8 Å². The molecule has 2 heterocycles. The molecule has 0 unspecified atom stereocenters. The fraction of sp³-hybridized carbons (Fsp3) is 0.174. The summed E-state index contributed by atoms with van der Waals surface area (Å²) in [6.07, 6.45) is 1.91. The molecule has 0 atom stereocenters. The predicted octanol–water partition coefficient (Wildman–Crippen LogP) is 5.98. The van der Waals surface area contributed by atoms with E-state index in [0.717, 1.165) is 28.7 Å². The minimum Gasteiger partial charge on any atom is -0.314 e. The number of thioether (sulfide) groups is 1. The van der Waals surface area contributed by atoms with E-state index in [1.807, 2.05) is 54.0 Å². The van der Waals surface area contributed by atoms with E-state index in [9.17, 15) is 4.79 Å². The van der Waals surface area contributed by atoms with Crippen LogP contribution in [0.15, 0.2) is 71.3 Å². The number of aromatic nitrogens is 3. The second kappa shape index (κ2) is 9.68. The van der Waals surface area contributed by atoms with Crippen LogP contribution in [-0.2, 0) is 17.1 Å². The van der Waals surface area contributed by atoms with Crippen LogP contribution in [-0.4, -0.2) is 27.5 Å². The molecule has 0 radical (unpaired) electrons. The molecule has 0 fully saturated rings. The van der Waals surface area contributed by atoms with Crippen molar-refractivity contribution in [3.8, 4) is 11.3 Å². The van der Waals surface area contributed by atoms with Crippen molar-refractivity contribution in [1.29, 1.82) is 0 Å². The number of imidazole rings is 1. The minimum absolute atomic E-state index is 0.0282. The van der Waals surface area contributed by atoms with Crippen molar-refractivity contribution in [2.24, 2.45) is 0 Å². The Morgan fingerprint density at radius 1 is 1.16 bits per heavy atom. The summed E-state index contributed by atoms with van der Waals surface area (Å²) in [6.45, 7) is 2.25. The van der Waals surface area contributed by atoms with Gasteiger partial charge in [0.1, 0.15) is 0 Å². The zero-order chi connectivity index (χ0) is 21.8. The minimum atomic E-state index is -0.0282. The zero-order valence-corrected chi connectivity index (χ0v) is 19.5. The van der Waals surface area contributed by atoms with Gasteiger partial charge in [0.15, 0.2) is 10.3 Å². The van der Waals surface area contributed by atoms with Crippen LogP contribution in [0.2, 0.25) is 5.02 Å². The van der Waals surface area contributed by atoms with Crippen LogP contribution in [0.25, 0.3) is 11.3 Å². The number of rotatable bonds is 7. The van der Waals surface area contributed by atoms with Crippen LogP contribution in [0, 0.1) is 0 Å². The first-order valence-electron chi connectivity index (χ1n) is 9.68. The average Bonchev–Trinajstić information content (AvgIpc) is 3.40. The van der Waals surface area contributed by atoms with Crippen molar-refractivity contribution in [2.45, 2.75) is 24.4 Å². The van der Waals surface area contributed by atoms with Gasteiger partial charge < -0.3 is 4.57 Å². The summed E-state index contributed by atoms with van der Waals surface area (Å²) in [7, 11) is 1.74. The fourth-order valence-electron chi connectivity index (χ4n) is 3.03. The number of halogens is 1. The quantitative estimate of drug-likeness (QED) is 0.313. The van der Waals surface area contributed by atoms with E-state index in [1.54, 1.807) is 23.7 Å². The maximum absolute atomic E-state index is 11.6. The second-order valence-electron chi connectivity index (χ2n) is 6.99. The lowest BCUT2D eigenvalue weighted by molar-refractivity contribution is -0.116. The molecule has 0 aliphatic carbocycles. The first-order valence-corrected chi connectivity index (χ1v) is 11.9.